The highest BCUT2D eigenvalue weighted by molar-refractivity contribution is 7.92. The van der Waals surface area contributed by atoms with E-state index in [4.69, 9.17) is 0 Å². The third kappa shape index (κ3) is 4.91. The Balaban J connectivity index is 2.53. The summed E-state index contributed by atoms with van der Waals surface area (Å²) in [6.45, 7) is 1.56. The van der Waals surface area contributed by atoms with Crippen molar-refractivity contribution in [3.63, 3.8) is 0 Å². The number of methoxy groups -OCH3 is 3. The Morgan fingerprint density at radius 1 is 0.759 bits per heavy atom. The summed E-state index contributed by atoms with van der Waals surface area (Å²) in [6.07, 6.45) is 0. The van der Waals surface area contributed by atoms with Crippen LogP contribution in [0.15, 0.2) is 41.3 Å². The first-order valence-corrected chi connectivity index (χ1v) is 9.64. The molecule has 0 spiro atoms. The second-order valence-corrected chi connectivity index (χ2v) is 7.51. The van der Waals surface area contributed by atoms with E-state index in [9.17, 15) is 22.8 Å². The third-order valence-corrected chi connectivity index (χ3v) is 5.45. The van der Waals surface area contributed by atoms with Crippen LogP contribution in [0, 0.1) is 6.92 Å². The standard InChI is InChI=1S/C19H19NO8S/c1-11-5-6-12(17(21)26-2)10-16(11)29(24,25)20-15-8-13(18(22)27-3)7-14(9-15)19(23)28-4/h5-10,20H,1-4H3. The number of aryl methyl sites for hydroxylation is 1. The fourth-order valence-corrected chi connectivity index (χ4v) is 3.81. The van der Waals surface area contributed by atoms with Crippen molar-refractivity contribution in [3.8, 4) is 0 Å². The fraction of sp³-hybridized carbons (Fsp3) is 0.211. The second kappa shape index (κ2) is 8.74. The molecule has 0 aromatic heterocycles. The van der Waals surface area contributed by atoms with Gasteiger partial charge in [-0.15, -0.1) is 0 Å². The van der Waals surface area contributed by atoms with E-state index in [1.165, 1.54) is 43.5 Å². The Morgan fingerprint density at radius 2 is 1.24 bits per heavy atom. The molecule has 2 rings (SSSR count). The summed E-state index contributed by atoms with van der Waals surface area (Å²) in [7, 11) is -0.684. The minimum atomic E-state index is -4.17. The average molecular weight is 421 g/mol. The molecule has 10 heteroatoms. The van der Waals surface area contributed by atoms with Crippen LogP contribution in [-0.2, 0) is 24.2 Å². The van der Waals surface area contributed by atoms with E-state index in [0.717, 1.165) is 14.2 Å². The molecule has 154 valence electrons. The van der Waals surface area contributed by atoms with Crippen molar-refractivity contribution in [2.45, 2.75) is 11.8 Å². The number of anilines is 1. The predicted octanol–water partition coefficient (Wildman–Crippen LogP) is 2.16. The molecule has 2 aromatic carbocycles. The summed E-state index contributed by atoms with van der Waals surface area (Å²) >= 11 is 0. The van der Waals surface area contributed by atoms with Gasteiger partial charge in [0.25, 0.3) is 10.0 Å². The quantitative estimate of drug-likeness (QED) is 0.556. The Bertz CT molecular complexity index is 1040. The number of hydrogen-bond donors (Lipinski definition) is 1. The molecule has 0 amide bonds. The van der Waals surface area contributed by atoms with Crippen LogP contribution in [0.2, 0.25) is 0 Å². The van der Waals surface area contributed by atoms with Crippen LogP contribution in [-0.4, -0.2) is 47.7 Å². The second-order valence-electron chi connectivity index (χ2n) is 5.86. The van der Waals surface area contributed by atoms with Crippen molar-refractivity contribution in [2.24, 2.45) is 0 Å². The molecule has 0 heterocycles. The topological polar surface area (TPSA) is 125 Å². The molecule has 0 unspecified atom stereocenters. The Morgan fingerprint density at radius 3 is 1.72 bits per heavy atom. The molecule has 29 heavy (non-hydrogen) atoms. The maximum Gasteiger partial charge on any atom is 0.337 e. The minimum Gasteiger partial charge on any atom is -0.465 e. The summed E-state index contributed by atoms with van der Waals surface area (Å²) in [4.78, 5) is 35.3. The summed E-state index contributed by atoms with van der Waals surface area (Å²) in [5.74, 6) is -2.22. The maximum atomic E-state index is 12.9. The van der Waals surface area contributed by atoms with E-state index < -0.39 is 27.9 Å². The van der Waals surface area contributed by atoms with Gasteiger partial charge in [0.1, 0.15) is 0 Å². The number of sulfonamides is 1. The Hall–Kier alpha value is -3.40. The number of carbonyl (C=O) groups excluding carboxylic acids is 3. The van der Waals surface area contributed by atoms with Gasteiger partial charge < -0.3 is 14.2 Å². The molecular weight excluding hydrogens is 402 g/mol. The van der Waals surface area contributed by atoms with E-state index in [1.54, 1.807) is 6.92 Å². The first kappa shape index (κ1) is 21.9. The number of nitrogens with one attached hydrogen (secondary N) is 1. The fourth-order valence-electron chi connectivity index (χ4n) is 2.50. The largest absolute Gasteiger partial charge is 0.465 e. The van der Waals surface area contributed by atoms with Crippen molar-refractivity contribution in [2.75, 3.05) is 26.1 Å². The summed E-state index contributed by atoms with van der Waals surface area (Å²) < 4.78 is 42.0. The van der Waals surface area contributed by atoms with Gasteiger partial charge >= 0.3 is 17.9 Å². The first-order valence-electron chi connectivity index (χ1n) is 8.16. The third-order valence-electron chi connectivity index (χ3n) is 3.93. The molecule has 0 aliphatic heterocycles. The van der Waals surface area contributed by atoms with E-state index in [-0.39, 0.29) is 27.3 Å². The molecule has 0 saturated heterocycles. The average Bonchev–Trinajstić information content (AvgIpc) is 2.71. The molecule has 0 saturated carbocycles. The van der Waals surface area contributed by atoms with Gasteiger partial charge in [0.05, 0.1) is 48.6 Å². The highest BCUT2D eigenvalue weighted by atomic mass is 32.2. The van der Waals surface area contributed by atoms with Gasteiger partial charge in [-0.2, -0.15) is 0 Å². The van der Waals surface area contributed by atoms with Crippen molar-refractivity contribution in [1.29, 1.82) is 0 Å². The lowest BCUT2D eigenvalue weighted by Gasteiger charge is -2.13. The molecule has 9 nitrogen and oxygen atoms in total. The molecular formula is C19H19NO8S. The number of ether oxygens (including phenoxy) is 3. The number of esters is 3. The van der Waals surface area contributed by atoms with Gasteiger partial charge in [0.15, 0.2) is 0 Å². The summed E-state index contributed by atoms with van der Waals surface area (Å²) in [6, 6.07) is 7.73. The molecule has 0 fully saturated rings. The molecule has 2 aromatic rings. The van der Waals surface area contributed by atoms with E-state index in [1.807, 2.05) is 0 Å². The molecule has 1 N–H and O–H groups in total. The maximum absolute atomic E-state index is 12.9. The van der Waals surface area contributed by atoms with Gasteiger partial charge in [-0.05, 0) is 42.8 Å². The monoisotopic (exact) mass is 421 g/mol. The van der Waals surface area contributed by atoms with Gasteiger partial charge in [0, 0.05) is 0 Å². The predicted molar refractivity (Wildman–Crippen MR) is 102 cm³/mol. The smallest absolute Gasteiger partial charge is 0.337 e. The number of rotatable bonds is 6. The molecule has 0 aliphatic rings. The van der Waals surface area contributed by atoms with E-state index in [0.29, 0.717) is 5.56 Å². The first-order chi connectivity index (χ1) is 13.6. The van der Waals surface area contributed by atoms with Crippen LogP contribution < -0.4 is 4.72 Å². The van der Waals surface area contributed by atoms with Crippen LogP contribution in [0.5, 0.6) is 0 Å². The van der Waals surface area contributed by atoms with E-state index >= 15 is 0 Å². The molecule has 0 bridgehead atoms. The van der Waals surface area contributed by atoms with Crippen LogP contribution >= 0.6 is 0 Å². The van der Waals surface area contributed by atoms with Gasteiger partial charge in [-0.1, -0.05) is 6.07 Å². The van der Waals surface area contributed by atoms with E-state index in [2.05, 4.69) is 18.9 Å². The summed E-state index contributed by atoms with van der Waals surface area (Å²) in [5.41, 5.74) is 0.275. The number of carbonyl (C=O) groups is 3. The lowest BCUT2D eigenvalue weighted by molar-refractivity contribution is 0.0587. The lowest BCUT2D eigenvalue weighted by Crippen LogP contribution is -2.17. The zero-order valence-electron chi connectivity index (χ0n) is 16.1. The Labute approximate surface area is 167 Å². The van der Waals surface area contributed by atoms with Crippen LogP contribution in [0.1, 0.15) is 36.6 Å². The van der Waals surface area contributed by atoms with Crippen LogP contribution in [0.4, 0.5) is 5.69 Å². The minimum absolute atomic E-state index is 0.0480. The van der Waals surface area contributed by atoms with Crippen molar-refractivity contribution in [1.82, 2.24) is 0 Å². The zero-order valence-corrected chi connectivity index (χ0v) is 17.0. The molecule has 0 atom stereocenters. The van der Waals surface area contributed by atoms with Crippen LogP contribution in [0.3, 0.4) is 0 Å². The van der Waals surface area contributed by atoms with Gasteiger partial charge in [-0.3, -0.25) is 4.72 Å². The normalized spacial score (nSPS) is 10.8. The summed E-state index contributed by atoms with van der Waals surface area (Å²) in [5, 5.41) is 0. The SMILES string of the molecule is COC(=O)c1cc(NS(=O)(=O)c2cc(C(=O)OC)ccc2C)cc(C(=O)OC)c1. The zero-order chi connectivity index (χ0) is 21.8. The van der Waals surface area contributed by atoms with Crippen molar-refractivity contribution < 1.29 is 37.0 Å². The number of hydrogen-bond acceptors (Lipinski definition) is 8. The van der Waals surface area contributed by atoms with Crippen LogP contribution in [0.25, 0.3) is 0 Å². The van der Waals surface area contributed by atoms with Crippen molar-refractivity contribution >= 4 is 33.6 Å². The highest BCUT2D eigenvalue weighted by Gasteiger charge is 2.22. The molecule has 0 aliphatic carbocycles. The highest BCUT2D eigenvalue weighted by Crippen LogP contribution is 2.23. The Kier molecular flexibility index (Phi) is 6.60. The number of benzene rings is 2. The lowest BCUT2D eigenvalue weighted by atomic mass is 10.1. The van der Waals surface area contributed by atoms with Crippen molar-refractivity contribution in [3.05, 3.63) is 58.7 Å². The van der Waals surface area contributed by atoms with Gasteiger partial charge in [0.2, 0.25) is 0 Å². The molecule has 0 radical (unpaired) electrons. The van der Waals surface area contributed by atoms with Gasteiger partial charge in [-0.25, -0.2) is 22.8 Å².